The van der Waals surface area contributed by atoms with Gasteiger partial charge in [0, 0.05) is 31.0 Å². The fourth-order valence-electron chi connectivity index (χ4n) is 3.26. The van der Waals surface area contributed by atoms with Gasteiger partial charge < -0.3 is 0 Å². The standard InChI is InChI=1S/C15H20N2/c1-10(2)17-9-13-5-14(17)6-15(13)12-4-11(3)7-16-8-12/h4,6-8,10,13-14H,5,9H2,1-3H3/t13-,14-/m0/s1. The third kappa shape index (κ3) is 1.81. The molecule has 0 spiro atoms. The Balaban J connectivity index is 1.89. The molecule has 1 aliphatic carbocycles. The first-order valence-electron chi connectivity index (χ1n) is 6.54. The number of rotatable bonds is 2. The van der Waals surface area contributed by atoms with Gasteiger partial charge in [0.1, 0.15) is 0 Å². The van der Waals surface area contributed by atoms with Gasteiger partial charge in [0.05, 0.1) is 0 Å². The predicted octanol–water partition coefficient (Wildman–Crippen LogP) is 2.89. The molecule has 2 atom stereocenters. The number of pyridine rings is 1. The molecule has 2 aliphatic rings. The monoisotopic (exact) mass is 228 g/mol. The van der Waals surface area contributed by atoms with Crippen molar-refractivity contribution in [1.82, 2.24) is 9.88 Å². The maximum absolute atomic E-state index is 4.31. The highest BCUT2D eigenvalue weighted by Gasteiger charge is 2.39. The van der Waals surface area contributed by atoms with Crippen LogP contribution in [0.2, 0.25) is 0 Å². The van der Waals surface area contributed by atoms with E-state index in [2.05, 4.69) is 42.8 Å². The van der Waals surface area contributed by atoms with Crippen molar-refractivity contribution in [3.05, 3.63) is 35.7 Å². The second-order valence-electron chi connectivity index (χ2n) is 5.66. The van der Waals surface area contributed by atoms with Gasteiger partial charge in [0.2, 0.25) is 0 Å². The molecule has 0 amide bonds. The third-order valence-corrected chi connectivity index (χ3v) is 4.07. The van der Waals surface area contributed by atoms with Crippen molar-refractivity contribution in [3.63, 3.8) is 0 Å². The topological polar surface area (TPSA) is 16.1 Å². The summed E-state index contributed by atoms with van der Waals surface area (Å²) in [5, 5.41) is 0. The van der Waals surface area contributed by atoms with Gasteiger partial charge in [-0.2, -0.15) is 0 Å². The number of hydrogen-bond acceptors (Lipinski definition) is 2. The molecule has 17 heavy (non-hydrogen) atoms. The molecule has 1 aromatic heterocycles. The molecule has 0 N–H and O–H groups in total. The molecule has 2 nitrogen and oxygen atoms in total. The zero-order valence-corrected chi connectivity index (χ0v) is 10.9. The van der Waals surface area contributed by atoms with Crippen LogP contribution in [-0.4, -0.2) is 28.5 Å². The van der Waals surface area contributed by atoms with Crippen molar-refractivity contribution in [2.45, 2.75) is 39.3 Å². The van der Waals surface area contributed by atoms with Crippen LogP contribution in [0.5, 0.6) is 0 Å². The van der Waals surface area contributed by atoms with E-state index in [1.807, 2.05) is 12.4 Å². The molecular weight excluding hydrogens is 208 g/mol. The molecule has 2 heterocycles. The number of nitrogens with zero attached hydrogens (tertiary/aromatic N) is 2. The van der Waals surface area contributed by atoms with Gasteiger partial charge in [-0.1, -0.05) is 6.08 Å². The largest absolute Gasteiger partial charge is 0.294 e. The van der Waals surface area contributed by atoms with E-state index in [9.17, 15) is 0 Å². The summed E-state index contributed by atoms with van der Waals surface area (Å²) in [4.78, 5) is 6.92. The maximum atomic E-state index is 4.31. The Bertz CT molecular complexity index is 462. The minimum Gasteiger partial charge on any atom is -0.294 e. The summed E-state index contributed by atoms with van der Waals surface area (Å²) in [7, 11) is 0. The van der Waals surface area contributed by atoms with Crippen molar-refractivity contribution in [2.24, 2.45) is 5.92 Å². The Hall–Kier alpha value is -1.15. The molecule has 90 valence electrons. The Labute approximate surface area is 103 Å². The van der Waals surface area contributed by atoms with Crippen molar-refractivity contribution < 1.29 is 0 Å². The molecule has 1 aliphatic heterocycles. The molecule has 0 unspecified atom stereocenters. The fraction of sp³-hybridized carbons (Fsp3) is 0.533. The highest BCUT2D eigenvalue weighted by molar-refractivity contribution is 5.71. The van der Waals surface area contributed by atoms with E-state index in [1.165, 1.54) is 29.7 Å². The second-order valence-corrected chi connectivity index (χ2v) is 5.66. The average molecular weight is 228 g/mol. The van der Waals surface area contributed by atoms with Crippen LogP contribution in [0.3, 0.4) is 0 Å². The summed E-state index contributed by atoms with van der Waals surface area (Å²) in [6.45, 7) is 7.93. The lowest BCUT2D eigenvalue weighted by molar-refractivity contribution is 0.227. The SMILES string of the molecule is Cc1cncc(C2=C[C@@H]3C[C@H]2CN3C(C)C)c1. The van der Waals surface area contributed by atoms with Crippen LogP contribution in [0.4, 0.5) is 0 Å². The van der Waals surface area contributed by atoms with Crippen molar-refractivity contribution in [2.75, 3.05) is 6.54 Å². The van der Waals surface area contributed by atoms with Crippen molar-refractivity contribution in [1.29, 1.82) is 0 Å². The minimum absolute atomic E-state index is 0.663. The first-order chi connectivity index (χ1) is 8.15. The van der Waals surface area contributed by atoms with E-state index in [4.69, 9.17) is 0 Å². The first kappa shape index (κ1) is 11.0. The maximum Gasteiger partial charge on any atom is 0.0343 e. The lowest BCUT2D eigenvalue weighted by atomic mass is 9.95. The molecular formula is C15H20N2. The zero-order chi connectivity index (χ0) is 12.0. The molecule has 1 saturated heterocycles. The van der Waals surface area contributed by atoms with E-state index >= 15 is 0 Å². The number of hydrogen-bond donors (Lipinski definition) is 0. The van der Waals surface area contributed by atoms with Gasteiger partial charge in [-0.05, 0) is 55.9 Å². The van der Waals surface area contributed by atoms with E-state index < -0.39 is 0 Å². The Morgan fingerprint density at radius 3 is 2.76 bits per heavy atom. The normalized spacial score (nSPS) is 27.9. The first-order valence-corrected chi connectivity index (χ1v) is 6.54. The summed E-state index contributed by atoms with van der Waals surface area (Å²) >= 11 is 0. The molecule has 0 saturated carbocycles. The summed E-state index contributed by atoms with van der Waals surface area (Å²) in [5.41, 5.74) is 4.12. The number of aryl methyl sites for hydroxylation is 1. The van der Waals surface area contributed by atoms with E-state index in [1.54, 1.807) is 0 Å². The van der Waals surface area contributed by atoms with Gasteiger partial charge in [0.15, 0.2) is 0 Å². The molecule has 1 fully saturated rings. The van der Waals surface area contributed by atoms with Crippen LogP contribution in [0.25, 0.3) is 5.57 Å². The van der Waals surface area contributed by atoms with Gasteiger partial charge in [-0.25, -0.2) is 0 Å². The van der Waals surface area contributed by atoms with E-state index in [0.29, 0.717) is 12.1 Å². The van der Waals surface area contributed by atoms with Crippen molar-refractivity contribution in [3.8, 4) is 0 Å². The molecule has 3 rings (SSSR count). The summed E-state index contributed by atoms with van der Waals surface area (Å²) in [6.07, 6.45) is 7.71. The van der Waals surface area contributed by atoms with Gasteiger partial charge in [-0.15, -0.1) is 0 Å². The van der Waals surface area contributed by atoms with Crippen LogP contribution in [-0.2, 0) is 0 Å². The second kappa shape index (κ2) is 3.95. The highest BCUT2D eigenvalue weighted by Crippen LogP contribution is 2.42. The fourth-order valence-corrected chi connectivity index (χ4v) is 3.26. The summed E-state index contributed by atoms with van der Waals surface area (Å²) < 4.78 is 0. The van der Waals surface area contributed by atoms with Crippen LogP contribution in [0.1, 0.15) is 31.4 Å². The summed E-state index contributed by atoms with van der Waals surface area (Å²) in [6, 6.07) is 3.59. The van der Waals surface area contributed by atoms with Gasteiger partial charge in [-0.3, -0.25) is 9.88 Å². The molecule has 0 aromatic carbocycles. The average Bonchev–Trinajstić information content (AvgIpc) is 2.87. The molecule has 0 radical (unpaired) electrons. The predicted molar refractivity (Wildman–Crippen MR) is 70.7 cm³/mol. The smallest absolute Gasteiger partial charge is 0.0343 e. The van der Waals surface area contributed by atoms with Crippen LogP contribution in [0, 0.1) is 12.8 Å². The molecule has 2 bridgehead atoms. The number of aromatic nitrogens is 1. The van der Waals surface area contributed by atoms with Crippen molar-refractivity contribution >= 4 is 5.57 Å². The molecule has 2 heteroatoms. The highest BCUT2D eigenvalue weighted by atomic mass is 15.2. The Morgan fingerprint density at radius 2 is 2.18 bits per heavy atom. The van der Waals surface area contributed by atoms with E-state index in [-0.39, 0.29) is 0 Å². The Morgan fingerprint density at radius 1 is 1.35 bits per heavy atom. The lowest BCUT2D eigenvalue weighted by Crippen LogP contribution is -2.36. The van der Waals surface area contributed by atoms with Crippen LogP contribution >= 0.6 is 0 Å². The zero-order valence-electron chi connectivity index (χ0n) is 10.9. The summed E-state index contributed by atoms with van der Waals surface area (Å²) in [5.74, 6) is 0.728. The van der Waals surface area contributed by atoms with Gasteiger partial charge in [0.25, 0.3) is 0 Å². The molecule has 1 aromatic rings. The van der Waals surface area contributed by atoms with Crippen LogP contribution in [0.15, 0.2) is 24.5 Å². The van der Waals surface area contributed by atoms with E-state index in [0.717, 1.165) is 5.92 Å². The quantitative estimate of drug-likeness (QED) is 0.773. The van der Waals surface area contributed by atoms with Gasteiger partial charge >= 0.3 is 0 Å². The van der Waals surface area contributed by atoms with Crippen LogP contribution < -0.4 is 0 Å². The minimum atomic E-state index is 0.663. The lowest BCUT2D eigenvalue weighted by Gasteiger charge is -2.29. The Kier molecular flexibility index (Phi) is 2.55. The number of likely N-dealkylation sites (tertiary alicyclic amines) is 1. The third-order valence-electron chi connectivity index (χ3n) is 4.07. The number of fused-ring (bicyclic) bond motifs is 2.